The highest BCUT2D eigenvalue weighted by molar-refractivity contribution is 7.14. The Morgan fingerprint density at radius 3 is 2.67 bits per heavy atom. The van der Waals surface area contributed by atoms with Crippen LogP contribution in [0.4, 0.5) is 9.80 Å². The molecule has 2 amide bonds. The predicted octanol–water partition coefficient (Wildman–Crippen LogP) is 3.42. The molecule has 1 aliphatic carbocycles. The molecular weight excluding hydrogens is 246 g/mol. The number of urea groups is 1. The van der Waals surface area contributed by atoms with Crippen molar-refractivity contribution in [3.63, 3.8) is 0 Å². The molecule has 0 spiro atoms. The lowest BCUT2D eigenvalue weighted by molar-refractivity contribution is 0.244. The Hall–Kier alpha value is -1.54. The second-order valence-electron chi connectivity index (χ2n) is 5.61. The van der Waals surface area contributed by atoms with Crippen molar-refractivity contribution in [2.75, 3.05) is 5.32 Å². The van der Waals surface area contributed by atoms with E-state index in [1.165, 1.54) is 11.3 Å². The number of carbonyl (C=O) groups is 1. The Labute approximate surface area is 111 Å². The third-order valence-corrected chi connectivity index (χ3v) is 3.58. The maximum Gasteiger partial charge on any atom is 0.320 e. The third kappa shape index (κ3) is 3.02. The van der Waals surface area contributed by atoms with Gasteiger partial charge in [-0.25, -0.2) is 4.79 Å². The van der Waals surface area contributed by atoms with Crippen LogP contribution in [0.15, 0.2) is 5.38 Å². The predicted molar refractivity (Wildman–Crippen MR) is 72.9 cm³/mol. The Kier molecular flexibility index (Phi) is 3.31. The van der Waals surface area contributed by atoms with Crippen molar-refractivity contribution in [1.82, 2.24) is 5.32 Å². The normalized spacial score (nSPS) is 15.0. The molecule has 1 aliphatic rings. The molecule has 2 rings (SSSR count). The molecule has 1 aromatic rings. The monoisotopic (exact) mass is 263 g/mol. The summed E-state index contributed by atoms with van der Waals surface area (Å²) in [5.74, 6) is 0.525. The quantitative estimate of drug-likeness (QED) is 0.858. The number of nitrogens with one attached hydrogen (secondary N) is 2. The van der Waals surface area contributed by atoms with Crippen LogP contribution in [0, 0.1) is 11.3 Å². The van der Waals surface area contributed by atoms with E-state index in [9.17, 15) is 10.1 Å². The van der Waals surface area contributed by atoms with Gasteiger partial charge in [-0.05, 0) is 50.5 Å². The number of anilines is 1. The fourth-order valence-electron chi connectivity index (χ4n) is 1.75. The fraction of sp³-hybridized carbons (Fsp3) is 0.538. The molecule has 0 bridgehead atoms. The highest BCUT2D eigenvalue weighted by Gasteiger charge is 2.29. The first-order valence-electron chi connectivity index (χ1n) is 6.01. The van der Waals surface area contributed by atoms with Crippen LogP contribution in [0.5, 0.6) is 0 Å². The van der Waals surface area contributed by atoms with Gasteiger partial charge in [0.05, 0.1) is 5.56 Å². The van der Waals surface area contributed by atoms with Crippen LogP contribution in [0.25, 0.3) is 0 Å². The molecule has 4 nitrogen and oxygen atoms in total. The molecule has 1 saturated carbocycles. The first-order chi connectivity index (χ1) is 8.40. The molecular formula is C13H17N3OS. The van der Waals surface area contributed by atoms with E-state index < -0.39 is 0 Å². The van der Waals surface area contributed by atoms with Gasteiger partial charge in [0.1, 0.15) is 11.1 Å². The summed E-state index contributed by atoms with van der Waals surface area (Å²) in [7, 11) is 0. The first-order valence-corrected chi connectivity index (χ1v) is 6.89. The highest BCUT2D eigenvalue weighted by atomic mass is 32.1. The van der Waals surface area contributed by atoms with Gasteiger partial charge in [-0.15, -0.1) is 11.3 Å². The van der Waals surface area contributed by atoms with Crippen LogP contribution in [0.2, 0.25) is 0 Å². The summed E-state index contributed by atoms with van der Waals surface area (Å²) >= 11 is 1.43. The summed E-state index contributed by atoms with van der Waals surface area (Å²) in [6, 6.07) is 1.94. The molecule has 5 heteroatoms. The van der Waals surface area contributed by atoms with E-state index in [0.717, 1.165) is 18.4 Å². The van der Waals surface area contributed by atoms with Gasteiger partial charge >= 0.3 is 6.03 Å². The Balaban J connectivity index is 2.10. The van der Waals surface area contributed by atoms with E-state index >= 15 is 0 Å². The van der Waals surface area contributed by atoms with Crippen molar-refractivity contribution in [2.45, 2.75) is 45.1 Å². The van der Waals surface area contributed by atoms with Crippen LogP contribution in [0.1, 0.15) is 50.7 Å². The van der Waals surface area contributed by atoms with E-state index in [4.69, 9.17) is 0 Å². The average molecular weight is 263 g/mol. The molecule has 0 radical (unpaired) electrons. The molecule has 1 heterocycles. The zero-order valence-corrected chi connectivity index (χ0v) is 11.6. The van der Waals surface area contributed by atoms with Gasteiger partial charge in [-0.3, -0.25) is 5.32 Å². The van der Waals surface area contributed by atoms with Gasteiger partial charge in [0, 0.05) is 5.54 Å². The molecule has 1 fully saturated rings. The summed E-state index contributed by atoms with van der Waals surface area (Å²) < 4.78 is 0. The number of rotatable bonds is 2. The lowest BCUT2D eigenvalue weighted by Crippen LogP contribution is -2.43. The van der Waals surface area contributed by atoms with Crippen molar-refractivity contribution >= 4 is 22.4 Å². The number of nitrogens with zero attached hydrogens (tertiary/aromatic N) is 1. The minimum absolute atomic E-state index is 0.261. The highest BCUT2D eigenvalue weighted by Crippen LogP contribution is 2.45. The van der Waals surface area contributed by atoms with Crippen LogP contribution in [0.3, 0.4) is 0 Å². The minimum atomic E-state index is -0.284. The van der Waals surface area contributed by atoms with Crippen molar-refractivity contribution < 1.29 is 4.79 Å². The largest absolute Gasteiger partial charge is 0.333 e. The lowest BCUT2D eigenvalue weighted by Gasteiger charge is -2.20. The zero-order chi connectivity index (χ0) is 13.3. The molecule has 0 aromatic carbocycles. The minimum Gasteiger partial charge on any atom is -0.333 e. The van der Waals surface area contributed by atoms with Gasteiger partial charge in [0.25, 0.3) is 0 Å². The van der Waals surface area contributed by atoms with Crippen LogP contribution in [-0.2, 0) is 0 Å². The molecule has 0 saturated heterocycles. The van der Waals surface area contributed by atoms with Gasteiger partial charge < -0.3 is 5.32 Å². The van der Waals surface area contributed by atoms with Crippen molar-refractivity contribution in [2.24, 2.45) is 0 Å². The standard InChI is InChI=1S/C13H17N3OS/c1-13(2,3)16-12(17)15-11-9(6-14)10(7-18-11)8-4-5-8/h7-8H,4-5H2,1-3H3,(H2,15,16,17). The van der Waals surface area contributed by atoms with Gasteiger partial charge in [-0.2, -0.15) is 5.26 Å². The smallest absolute Gasteiger partial charge is 0.320 e. The molecule has 2 N–H and O–H groups in total. The Morgan fingerprint density at radius 2 is 2.17 bits per heavy atom. The number of thiophene rings is 1. The number of nitriles is 1. The van der Waals surface area contributed by atoms with E-state index in [1.807, 2.05) is 26.2 Å². The topological polar surface area (TPSA) is 64.9 Å². The van der Waals surface area contributed by atoms with Gasteiger partial charge in [0.2, 0.25) is 0 Å². The van der Waals surface area contributed by atoms with Gasteiger partial charge in [0.15, 0.2) is 0 Å². The first kappa shape index (κ1) is 12.9. The van der Waals surface area contributed by atoms with E-state index in [0.29, 0.717) is 16.5 Å². The number of hydrogen-bond donors (Lipinski definition) is 2. The van der Waals surface area contributed by atoms with Crippen molar-refractivity contribution in [3.8, 4) is 6.07 Å². The van der Waals surface area contributed by atoms with Crippen molar-refractivity contribution in [1.29, 1.82) is 5.26 Å². The molecule has 0 aliphatic heterocycles. The maximum absolute atomic E-state index is 11.8. The number of amides is 2. The summed E-state index contributed by atoms with van der Waals surface area (Å²) in [5.41, 5.74) is 1.44. The number of carbonyl (C=O) groups excluding carboxylic acids is 1. The molecule has 1 aromatic heterocycles. The second kappa shape index (κ2) is 4.62. The van der Waals surface area contributed by atoms with Crippen LogP contribution < -0.4 is 10.6 Å². The second-order valence-corrected chi connectivity index (χ2v) is 6.49. The number of hydrogen-bond acceptors (Lipinski definition) is 3. The van der Waals surface area contributed by atoms with E-state index in [2.05, 4.69) is 16.7 Å². The maximum atomic E-state index is 11.8. The van der Waals surface area contributed by atoms with Crippen LogP contribution in [-0.4, -0.2) is 11.6 Å². The van der Waals surface area contributed by atoms with E-state index in [-0.39, 0.29) is 11.6 Å². The van der Waals surface area contributed by atoms with Crippen LogP contribution >= 0.6 is 11.3 Å². The zero-order valence-electron chi connectivity index (χ0n) is 10.8. The summed E-state index contributed by atoms with van der Waals surface area (Å²) in [6.07, 6.45) is 2.30. The summed E-state index contributed by atoms with van der Waals surface area (Å²) in [4.78, 5) is 11.8. The van der Waals surface area contributed by atoms with E-state index in [1.54, 1.807) is 0 Å². The molecule has 0 unspecified atom stereocenters. The third-order valence-electron chi connectivity index (χ3n) is 2.66. The molecule has 18 heavy (non-hydrogen) atoms. The molecule has 0 atom stereocenters. The Morgan fingerprint density at radius 1 is 1.50 bits per heavy atom. The lowest BCUT2D eigenvalue weighted by atomic mass is 10.1. The Bertz CT molecular complexity index is 503. The fourth-order valence-corrected chi connectivity index (χ4v) is 2.74. The van der Waals surface area contributed by atoms with Crippen molar-refractivity contribution in [3.05, 3.63) is 16.5 Å². The summed E-state index contributed by atoms with van der Waals surface area (Å²) in [6.45, 7) is 5.76. The SMILES string of the molecule is CC(C)(C)NC(=O)Nc1scc(C2CC2)c1C#N. The summed E-state index contributed by atoms with van der Waals surface area (Å²) in [5, 5.41) is 17.4. The molecule has 96 valence electrons. The van der Waals surface area contributed by atoms with Gasteiger partial charge in [-0.1, -0.05) is 0 Å². The average Bonchev–Trinajstić information content (AvgIpc) is 2.98.